The van der Waals surface area contributed by atoms with Gasteiger partial charge in [-0.3, -0.25) is 0 Å². The summed E-state index contributed by atoms with van der Waals surface area (Å²) in [6.07, 6.45) is 3.81. The third-order valence-corrected chi connectivity index (χ3v) is 3.56. The monoisotopic (exact) mass is 265 g/mol. The fourth-order valence-electron chi connectivity index (χ4n) is 1.78. The minimum atomic E-state index is 0. The molecule has 3 rings (SSSR count). The minimum absolute atomic E-state index is 0. The molecule has 0 bridgehead atoms. The van der Waals surface area contributed by atoms with Gasteiger partial charge in [0.2, 0.25) is 0 Å². The van der Waals surface area contributed by atoms with E-state index in [0.717, 1.165) is 18.1 Å². The van der Waals surface area contributed by atoms with Gasteiger partial charge in [-0.05, 0) is 24.5 Å². The highest BCUT2D eigenvalue weighted by atomic mass is 35.5. The molecule has 3 nitrogen and oxygen atoms in total. The Balaban J connectivity index is 0.00000108. The van der Waals surface area contributed by atoms with Crippen LogP contribution in [0.3, 0.4) is 0 Å². The second kappa shape index (κ2) is 4.85. The molecule has 2 heterocycles. The highest BCUT2D eigenvalue weighted by molar-refractivity contribution is 7.13. The lowest BCUT2D eigenvalue weighted by Gasteiger charge is -2.02. The first-order chi connectivity index (χ1) is 7.84. The van der Waals surface area contributed by atoms with Gasteiger partial charge in [0.15, 0.2) is 0 Å². The Morgan fingerprint density at radius 1 is 1.29 bits per heavy atom. The van der Waals surface area contributed by atoms with E-state index in [1.54, 1.807) is 11.5 Å². The van der Waals surface area contributed by atoms with Crippen LogP contribution in [0, 0.1) is 6.92 Å². The van der Waals surface area contributed by atoms with Gasteiger partial charge < -0.3 is 4.57 Å². The molecule has 0 aliphatic carbocycles. The van der Waals surface area contributed by atoms with Crippen LogP contribution in [0.1, 0.15) is 11.5 Å². The first-order valence-electron chi connectivity index (χ1n) is 5.15. The van der Waals surface area contributed by atoms with E-state index in [1.807, 2.05) is 25.4 Å². The molecule has 0 saturated heterocycles. The molecular weight excluding hydrogens is 254 g/mol. The fourth-order valence-corrected chi connectivity index (χ4v) is 2.57. The topological polar surface area (TPSA) is 30.7 Å². The third kappa shape index (κ3) is 2.18. The van der Waals surface area contributed by atoms with Crippen molar-refractivity contribution in [3.63, 3.8) is 0 Å². The van der Waals surface area contributed by atoms with Crippen LogP contribution in [0.15, 0.2) is 36.7 Å². The second-order valence-corrected chi connectivity index (χ2v) is 4.53. The molecule has 17 heavy (non-hydrogen) atoms. The number of rotatable bonds is 2. The predicted molar refractivity (Wildman–Crippen MR) is 72.9 cm³/mol. The number of imidazole rings is 1. The van der Waals surface area contributed by atoms with Crippen molar-refractivity contribution in [1.82, 2.24) is 13.9 Å². The maximum Gasteiger partial charge on any atom is 0.105 e. The first kappa shape index (κ1) is 12.1. The molecule has 0 spiro atoms. The average Bonchev–Trinajstić information content (AvgIpc) is 2.88. The Kier molecular flexibility index (Phi) is 3.45. The molecule has 0 N–H and O–H groups in total. The van der Waals surface area contributed by atoms with Crippen molar-refractivity contribution >= 4 is 34.0 Å². The molecule has 0 unspecified atom stereocenters. The van der Waals surface area contributed by atoms with Crippen LogP contribution in [-0.2, 0) is 6.54 Å². The maximum absolute atomic E-state index is 4.50. The van der Waals surface area contributed by atoms with Crippen molar-refractivity contribution in [2.75, 3.05) is 0 Å². The Bertz CT molecular complexity index is 629. The zero-order valence-corrected chi connectivity index (χ0v) is 11.0. The number of hydrogen-bond acceptors (Lipinski definition) is 3. The number of halogens is 1. The van der Waals surface area contributed by atoms with E-state index in [9.17, 15) is 0 Å². The van der Waals surface area contributed by atoms with Crippen molar-refractivity contribution in [1.29, 1.82) is 0 Å². The molecule has 5 heteroatoms. The van der Waals surface area contributed by atoms with Gasteiger partial charge >= 0.3 is 0 Å². The third-order valence-electron chi connectivity index (χ3n) is 2.70. The van der Waals surface area contributed by atoms with Gasteiger partial charge in [-0.2, -0.15) is 4.37 Å². The van der Waals surface area contributed by atoms with E-state index in [4.69, 9.17) is 0 Å². The van der Waals surface area contributed by atoms with Crippen LogP contribution in [0.5, 0.6) is 0 Å². The number of fused-ring (bicyclic) bond motifs is 1. The standard InChI is InChI=1S/C12H11N3S.ClH/c1-9-13-6-7-15(9)8-11-10-4-2-3-5-12(10)16-14-11;/h2-7H,8H2,1H3;1H. The molecule has 0 aliphatic heterocycles. The van der Waals surface area contributed by atoms with Gasteiger partial charge in [0.05, 0.1) is 16.9 Å². The molecule has 0 amide bonds. The van der Waals surface area contributed by atoms with Crippen molar-refractivity contribution in [2.45, 2.75) is 13.5 Å². The highest BCUT2D eigenvalue weighted by Crippen LogP contribution is 2.22. The second-order valence-electron chi connectivity index (χ2n) is 3.73. The Hall–Kier alpha value is -1.39. The number of hydrogen-bond donors (Lipinski definition) is 0. The van der Waals surface area contributed by atoms with Crippen molar-refractivity contribution in [2.24, 2.45) is 0 Å². The molecule has 2 aromatic heterocycles. The van der Waals surface area contributed by atoms with Gasteiger partial charge in [0, 0.05) is 17.8 Å². The predicted octanol–water partition coefficient (Wildman–Crippen LogP) is 3.27. The van der Waals surface area contributed by atoms with Crippen LogP contribution in [0.25, 0.3) is 10.1 Å². The quantitative estimate of drug-likeness (QED) is 0.712. The highest BCUT2D eigenvalue weighted by Gasteiger charge is 2.06. The van der Waals surface area contributed by atoms with Crippen LogP contribution < -0.4 is 0 Å². The summed E-state index contributed by atoms with van der Waals surface area (Å²) in [6.45, 7) is 2.81. The number of aryl methyl sites for hydroxylation is 1. The van der Waals surface area contributed by atoms with E-state index < -0.39 is 0 Å². The number of nitrogens with zero attached hydrogens (tertiary/aromatic N) is 3. The number of aromatic nitrogens is 3. The normalized spacial score (nSPS) is 10.4. The molecule has 88 valence electrons. The largest absolute Gasteiger partial charge is 0.329 e. The van der Waals surface area contributed by atoms with Crippen LogP contribution >= 0.6 is 23.9 Å². The summed E-state index contributed by atoms with van der Waals surface area (Å²) in [5, 5.41) is 1.25. The lowest BCUT2D eigenvalue weighted by molar-refractivity contribution is 0.754. The lowest BCUT2D eigenvalue weighted by atomic mass is 10.2. The first-order valence-corrected chi connectivity index (χ1v) is 5.93. The molecule has 3 aromatic rings. The Labute approximate surface area is 110 Å². The Morgan fingerprint density at radius 3 is 2.88 bits per heavy atom. The van der Waals surface area contributed by atoms with E-state index in [-0.39, 0.29) is 12.4 Å². The number of benzene rings is 1. The summed E-state index contributed by atoms with van der Waals surface area (Å²) < 4.78 is 7.86. The van der Waals surface area contributed by atoms with E-state index >= 15 is 0 Å². The van der Waals surface area contributed by atoms with Crippen molar-refractivity contribution in [3.05, 3.63) is 48.2 Å². The minimum Gasteiger partial charge on any atom is -0.329 e. The summed E-state index contributed by atoms with van der Waals surface area (Å²) in [5.41, 5.74) is 1.13. The van der Waals surface area contributed by atoms with Gasteiger partial charge in [-0.25, -0.2) is 4.98 Å². The summed E-state index contributed by atoms with van der Waals surface area (Å²) in [7, 11) is 0. The zero-order chi connectivity index (χ0) is 11.0. The summed E-state index contributed by atoms with van der Waals surface area (Å²) in [6, 6.07) is 8.34. The van der Waals surface area contributed by atoms with E-state index in [0.29, 0.717) is 0 Å². The SMILES string of the molecule is Cc1nccn1Cc1nsc2ccccc12.Cl. The van der Waals surface area contributed by atoms with Gasteiger partial charge in [0.25, 0.3) is 0 Å². The Morgan fingerprint density at radius 2 is 2.12 bits per heavy atom. The van der Waals surface area contributed by atoms with Crippen molar-refractivity contribution < 1.29 is 0 Å². The fraction of sp³-hybridized carbons (Fsp3) is 0.167. The van der Waals surface area contributed by atoms with E-state index in [2.05, 4.69) is 32.1 Å². The summed E-state index contributed by atoms with van der Waals surface area (Å²) >= 11 is 1.56. The van der Waals surface area contributed by atoms with Crippen LogP contribution in [0.2, 0.25) is 0 Å². The smallest absolute Gasteiger partial charge is 0.105 e. The summed E-state index contributed by atoms with van der Waals surface area (Å²) in [4.78, 5) is 4.22. The molecule has 0 atom stereocenters. The van der Waals surface area contributed by atoms with Gasteiger partial charge in [-0.15, -0.1) is 12.4 Å². The van der Waals surface area contributed by atoms with Gasteiger partial charge in [0.1, 0.15) is 5.82 Å². The molecule has 0 aliphatic rings. The lowest BCUT2D eigenvalue weighted by Crippen LogP contribution is -2.00. The van der Waals surface area contributed by atoms with E-state index in [1.165, 1.54) is 10.1 Å². The molecule has 0 fully saturated rings. The molecule has 0 saturated carbocycles. The average molecular weight is 266 g/mol. The maximum atomic E-state index is 4.50. The van der Waals surface area contributed by atoms with Crippen LogP contribution in [-0.4, -0.2) is 13.9 Å². The molecular formula is C12H12ClN3S. The van der Waals surface area contributed by atoms with Crippen molar-refractivity contribution in [3.8, 4) is 0 Å². The zero-order valence-electron chi connectivity index (χ0n) is 9.33. The van der Waals surface area contributed by atoms with Gasteiger partial charge in [-0.1, -0.05) is 18.2 Å². The summed E-state index contributed by atoms with van der Waals surface area (Å²) in [5.74, 6) is 1.03. The van der Waals surface area contributed by atoms with Crippen LogP contribution in [0.4, 0.5) is 0 Å². The molecule has 1 aromatic carbocycles. The molecule has 0 radical (unpaired) electrons.